The standard InChI is InChI=1S/C14H17BrN4OS/c1-2-3-12-16-10-6-19(5-4-9(10)14(20)18-12)7-13-17-11(15)8-21-13/h8H,2-7H2,1H3,(H,16,18,20). The quantitative estimate of drug-likeness (QED) is 0.900. The Kier molecular flexibility index (Phi) is 4.51. The van der Waals surface area contributed by atoms with Gasteiger partial charge >= 0.3 is 0 Å². The number of aromatic amines is 1. The van der Waals surface area contributed by atoms with E-state index in [1.807, 2.05) is 5.38 Å². The van der Waals surface area contributed by atoms with Gasteiger partial charge in [-0.05, 0) is 28.8 Å². The Labute approximate surface area is 135 Å². The molecule has 0 radical (unpaired) electrons. The van der Waals surface area contributed by atoms with E-state index in [0.29, 0.717) is 0 Å². The second-order valence-electron chi connectivity index (χ2n) is 5.21. The normalized spacial score (nSPS) is 15.1. The van der Waals surface area contributed by atoms with Crippen LogP contribution in [0.25, 0.3) is 0 Å². The minimum atomic E-state index is 0.0418. The van der Waals surface area contributed by atoms with Crippen molar-refractivity contribution in [2.24, 2.45) is 0 Å². The van der Waals surface area contributed by atoms with Crippen molar-refractivity contribution >= 4 is 27.3 Å². The first-order valence-corrected chi connectivity index (χ1v) is 8.76. The van der Waals surface area contributed by atoms with Crippen LogP contribution in [-0.4, -0.2) is 26.4 Å². The molecule has 1 N–H and O–H groups in total. The van der Waals surface area contributed by atoms with E-state index in [0.717, 1.165) is 65.6 Å². The van der Waals surface area contributed by atoms with Gasteiger partial charge in [-0.3, -0.25) is 9.69 Å². The second-order valence-corrected chi connectivity index (χ2v) is 6.97. The number of hydrogen-bond donors (Lipinski definition) is 1. The zero-order chi connectivity index (χ0) is 14.8. The van der Waals surface area contributed by atoms with Gasteiger partial charge in [-0.1, -0.05) is 6.92 Å². The highest BCUT2D eigenvalue weighted by Gasteiger charge is 2.21. The van der Waals surface area contributed by atoms with Gasteiger partial charge in [0.05, 0.1) is 12.2 Å². The predicted molar refractivity (Wildman–Crippen MR) is 86.5 cm³/mol. The van der Waals surface area contributed by atoms with Crippen LogP contribution in [0.5, 0.6) is 0 Å². The lowest BCUT2D eigenvalue weighted by molar-refractivity contribution is 0.239. The SMILES string of the molecule is CCCc1nc2c(c(=O)[nH]1)CCN(Cc1nc(Br)cs1)C2. The van der Waals surface area contributed by atoms with E-state index in [4.69, 9.17) is 0 Å². The molecule has 0 saturated heterocycles. The summed E-state index contributed by atoms with van der Waals surface area (Å²) in [4.78, 5) is 26.4. The number of hydrogen-bond acceptors (Lipinski definition) is 5. The summed E-state index contributed by atoms with van der Waals surface area (Å²) in [5.74, 6) is 0.806. The largest absolute Gasteiger partial charge is 0.310 e. The van der Waals surface area contributed by atoms with E-state index in [2.05, 4.69) is 42.7 Å². The molecular formula is C14H17BrN4OS. The van der Waals surface area contributed by atoms with Crippen molar-refractivity contribution in [3.05, 3.63) is 42.4 Å². The van der Waals surface area contributed by atoms with Crippen LogP contribution >= 0.6 is 27.3 Å². The van der Waals surface area contributed by atoms with E-state index in [-0.39, 0.29) is 5.56 Å². The van der Waals surface area contributed by atoms with Crippen LogP contribution in [0.2, 0.25) is 0 Å². The number of aryl methyl sites for hydroxylation is 1. The van der Waals surface area contributed by atoms with Crippen molar-refractivity contribution in [1.29, 1.82) is 0 Å². The Balaban J connectivity index is 1.79. The molecule has 2 aromatic heterocycles. The third-order valence-electron chi connectivity index (χ3n) is 3.57. The van der Waals surface area contributed by atoms with Crippen LogP contribution in [0.1, 0.15) is 35.4 Å². The monoisotopic (exact) mass is 368 g/mol. The number of rotatable bonds is 4. The molecule has 0 unspecified atom stereocenters. The highest BCUT2D eigenvalue weighted by molar-refractivity contribution is 9.10. The van der Waals surface area contributed by atoms with Crippen LogP contribution in [0.15, 0.2) is 14.8 Å². The number of fused-ring (bicyclic) bond motifs is 1. The van der Waals surface area contributed by atoms with E-state index in [9.17, 15) is 4.79 Å². The van der Waals surface area contributed by atoms with Gasteiger partial charge in [-0.2, -0.15) is 0 Å². The van der Waals surface area contributed by atoms with Crippen LogP contribution in [0.4, 0.5) is 0 Å². The molecule has 112 valence electrons. The van der Waals surface area contributed by atoms with E-state index in [1.54, 1.807) is 11.3 Å². The van der Waals surface area contributed by atoms with Crippen molar-refractivity contribution in [2.75, 3.05) is 6.54 Å². The van der Waals surface area contributed by atoms with Gasteiger partial charge in [0.1, 0.15) is 15.4 Å². The molecule has 7 heteroatoms. The predicted octanol–water partition coefficient (Wildman–Crippen LogP) is 2.50. The summed E-state index contributed by atoms with van der Waals surface area (Å²) in [5.41, 5.74) is 1.83. The first kappa shape index (κ1) is 14.9. The fraction of sp³-hybridized carbons (Fsp3) is 0.500. The highest BCUT2D eigenvalue weighted by atomic mass is 79.9. The molecule has 1 aliphatic rings. The maximum Gasteiger partial charge on any atom is 0.254 e. The van der Waals surface area contributed by atoms with Crippen LogP contribution < -0.4 is 5.56 Å². The van der Waals surface area contributed by atoms with Crippen LogP contribution in [-0.2, 0) is 25.9 Å². The third-order valence-corrected chi connectivity index (χ3v) is 5.11. The Morgan fingerprint density at radius 2 is 2.33 bits per heavy atom. The van der Waals surface area contributed by atoms with Crippen molar-refractivity contribution < 1.29 is 0 Å². The lowest BCUT2D eigenvalue weighted by Crippen LogP contribution is -2.35. The highest BCUT2D eigenvalue weighted by Crippen LogP contribution is 2.20. The molecule has 5 nitrogen and oxygen atoms in total. The van der Waals surface area contributed by atoms with Gasteiger partial charge in [0.25, 0.3) is 5.56 Å². The Hall–Kier alpha value is -1.05. The molecule has 0 aliphatic carbocycles. The molecular weight excluding hydrogens is 352 g/mol. The van der Waals surface area contributed by atoms with Crippen molar-refractivity contribution in [2.45, 2.75) is 39.3 Å². The Bertz CT molecular complexity index is 697. The number of H-pyrrole nitrogens is 1. The van der Waals surface area contributed by atoms with E-state index >= 15 is 0 Å². The molecule has 0 bridgehead atoms. The summed E-state index contributed by atoms with van der Waals surface area (Å²) in [6.07, 6.45) is 2.57. The van der Waals surface area contributed by atoms with Crippen molar-refractivity contribution in [1.82, 2.24) is 19.9 Å². The lowest BCUT2D eigenvalue weighted by atomic mass is 10.1. The van der Waals surface area contributed by atoms with Gasteiger partial charge in [-0.15, -0.1) is 11.3 Å². The van der Waals surface area contributed by atoms with Crippen LogP contribution in [0.3, 0.4) is 0 Å². The van der Waals surface area contributed by atoms with Crippen molar-refractivity contribution in [3.63, 3.8) is 0 Å². The number of nitrogens with zero attached hydrogens (tertiary/aromatic N) is 3. The van der Waals surface area contributed by atoms with Gasteiger partial charge in [0.2, 0.25) is 0 Å². The molecule has 2 aromatic rings. The Morgan fingerprint density at radius 1 is 1.48 bits per heavy atom. The number of thiazole rings is 1. The molecule has 1 aliphatic heterocycles. The summed E-state index contributed by atoms with van der Waals surface area (Å²) in [6, 6.07) is 0. The zero-order valence-electron chi connectivity index (χ0n) is 11.9. The zero-order valence-corrected chi connectivity index (χ0v) is 14.3. The van der Waals surface area contributed by atoms with Gasteiger partial charge in [0, 0.05) is 30.5 Å². The molecule has 3 heterocycles. The summed E-state index contributed by atoms with van der Waals surface area (Å²) in [6.45, 7) is 4.51. The maximum absolute atomic E-state index is 12.1. The first-order valence-electron chi connectivity index (χ1n) is 7.09. The van der Waals surface area contributed by atoms with E-state index in [1.165, 1.54) is 0 Å². The van der Waals surface area contributed by atoms with Gasteiger partial charge in [0.15, 0.2) is 0 Å². The average Bonchev–Trinajstić information content (AvgIpc) is 2.84. The third kappa shape index (κ3) is 3.41. The maximum atomic E-state index is 12.1. The molecule has 0 atom stereocenters. The second kappa shape index (κ2) is 6.37. The smallest absolute Gasteiger partial charge is 0.254 e. The molecule has 0 aromatic carbocycles. The molecule has 3 rings (SSSR count). The molecule has 0 saturated carbocycles. The summed E-state index contributed by atoms with van der Waals surface area (Å²) in [7, 11) is 0. The lowest BCUT2D eigenvalue weighted by Gasteiger charge is -2.26. The van der Waals surface area contributed by atoms with Crippen molar-refractivity contribution in [3.8, 4) is 0 Å². The number of aromatic nitrogens is 3. The molecule has 0 amide bonds. The van der Waals surface area contributed by atoms with Gasteiger partial charge in [-0.25, -0.2) is 9.97 Å². The fourth-order valence-electron chi connectivity index (χ4n) is 2.59. The average molecular weight is 369 g/mol. The minimum Gasteiger partial charge on any atom is -0.310 e. The number of nitrogens with one attached hydrogen (secondary N) is 1. The fourth-order valence-corrected chi connectivity index (χ4v) is 3.89. The summed E-state index contributed by atoms with van der Waals surface area (Å²) in [5, 5.41) is 3.08. The molecule has 0 fully saturated rings. The minimum absolute atomic E-state index is 0.0418. The Morgan fingerprint density at radius 3 is 3.05 bits per heavy atom. The topological polar surface area (TPSA) is 61.9 Å². The molecule has 0 spiro atoms. The summed E-state index contributed by atoms with van der Waals surface area (Å²) >= 11 is 5.03. The van der Waals surface area contributed by atoms with E-state index < -0.39 is 0 Å². The van der Waals surface area contributed by atoms with Gasteiger partial charge < -0.3 is 4.98 Å². The molecule has 21 heavy (non-hydrogen) atoms. The number of halogens is 1. The summed E-state index contributed by atoms with van der Waals surface area (Å²) < 4.78 is 0.889. The first-order chi connectivity index (χ1) is 10.2. The van der Waals surface area contributed by atoms with Crippen LogP contribution in [0, 0.1) is 0 Å².